The van der Waals surface area contributed by atoms with Crippen LogP contribution < -0.4 is 18.9 Å². The largest absolute Gasteiger partial charge is 0.493 e. The Hall–Kier alpha value is -4.27. The molecule has 0 fully saturated rings. The Balaban J connectivity index is 1.71. The highest BCUT2D eigenvalue weighted by atomic mass is 16.6. The number of Topliss-reactive ketones (excluding diaryl/α,β-unsaturated/α-hetero) is 1. The van der Waals surface area contributed by atoms with Crippen molar-refractivity contribution >= 4 is 29.9 Å². The van der Waals surface area contributed by atoms with Crippen molar-refractivity contribution in [2.45, 2.75) is 13.8 Å². The zero-order valence-electron chi connectivity index (χ0n) is 20.8. The first kappa shape index (κ1) is 28.0. The Morgan fingerprint density at radius 1 is 0.639 bits per heavy atom. The zero-order valence-corrected chi connectivity index (χ0v) is 20.8. The van der Waals surface area contributed by atoms with Gasteiger partial charge in [-0.05, 0) is 49.2 Å². The minimum atomic E-state index is -0.758. The van der Waals surface area contributed by atoms with Gasteiger partial charge in [0.1, 0.15) is 0 Å². The molecule has 0 unspecified atom stereocenters. The van der Waals surface area contributed by atoms with Gasteiger partial charge in [-0.1, -0.05) is 36.4 Å². The average molecular weight is 499 g/mol. The molecule has 2 aromatic carbocycles. The van der Waals surface area contributed by atoms with E-state index >= 15 is 0 Å². The van der Waals surface area contributed by atoms with Crippen LogP contribution in [0.4, 0.5) is 0 Å². The summed E-state index contributed by atoms with van der Waals surface area (Å²) in [5, 5.41) is 0. The number of carbonyl (C=O) groups is 3. The number of ketones is 1. The van der Waals surface area contributed by atoms with Crippen LogP contribution in [0.5, 0.6) is 23.0 Å². The number of allylic oxidation sites excluding steroid dienone is 2. The normalized spacial score (nSPS) is 10.8. The molecule has 0 bridgehead atoms. The van der Waals surface area contributed by atoms with Crippen molar-refractivity contribution < 1.29 is 42.8 Å². The second-order valence-electron chi connectivity index (χ2n) is 7.26. The van der Waals surface area contributed by atoms with E-state index in [0.29, 0.717) is 23.0 Å². The van der Waals surface area contributed by atoms with E-state index in [9.17, 15) is 14.4 Å². The molecule has 0 amide bonds. The van der Waals surface area contributed by atoms with Crippen LogP contribution in [-0.4, -0.2) is 58.4 Å². The van der Waals surface area contributed by atoms with Crippen LogP contribution in [-0.2, 0) is 23.9 Å². The second-order valence-corrected chi connectivity index (χ2v) is 7.26. The van der Waals surface area contributed by atoms with Gasteiger partial charge in [0.05, 0.1) is 14.2 Å². The van der Waals surface area contributed by atoms with Gasteiger partial charge in [-0.15, -0.1) is 0 Å². The molecule has 36 heavy (non-hydrogen) atoms. The number of carbonyl (C=O) groups excluding carboxylic acids is 3. The van der Waals surface area contributed by atoms with E-state index < -0.39 is 44.1 Å². The van der Waals surface area contributed by atoms with E-state index in [1.807, 2.05) is 38.2 Å². The van der Waals surface area contributed by atoms with Crippen LogP contribution in [0.1, 0.15) is 25.0 Å². The standard InChI is InChI=1S/C27H30O9/c1-5-7-19-9-11-22(24(13-19)31-3)33-17-26(29)35-15-21(28)16-36-27(30)18-34-23-12-10-20(8-6-2)14-25(23)32-4/h5-14H,15-18H2,1-4H3/b7-5+,8-6+. The summed E-state index contributed by atoms with van der Waals surface area (Å²) in [7, 11) is 2.98. The predicted molar refractivity (Wildman–Crippen MR) is 133 cm³/mol. The number of methoxy groups -OCH3 is 2. The predicted octanol–water partition coefficient (Wildman–Crippen LogP) is 3.88. The van der Waals surface area contributed by atoms with Crippen molar-refractivity contribution in [3.05, 3.63) is 59.7 Å². The average Bonchev–Trinajstić information content (AvgIpc) is 2.89. The lowest BCUT2D eigenvalue weighted by molar-refractivity contribution is -0.154. The molecule has 192 valence electrons. The molecule has 0 saturated carbocycles. The third-order valence-corrected chi connectivity index (χ3v) is 4.57. The number of hydrogen-bond acceptors (Lipinski definition) is 9. The highest BCUT2D eigenvalue weighted by Gasteiger charge is 2.14. The fourth-order valence-electron chi connectivity index (χ4n) is 2.92. The van der Waals surface area contributed by atoms with Crippen LogP contribution in [0.15, 0.2) is 48.6 Å². The lowest BCUT2D eigenvalue weighted by Crippen LogP contribution is -2.24. The van der Waals surface area contributed by atoms with Gasteiger partial charge in [-0.25, -0.2) is 9.59 Å². The Labute approximate surface area is 210 Å². The first-order valence-corrected chi connectivity index (χ1v) is 11.1. The number of esters is 2. The van der Waals surface area contributed by atoms with Crippen molar-refractivity contribution in [1.82, 2.24) is 0 Å². The van der Waals surface area contributed by atoms with Crippen molar-refractivity contribution in [1.29, 1.82) is 0 Å². The molecule has 0 spiro atoms. The molecule has 0 aliphatic rings. The zero-order chi connectivity index (χ0) is 26.3. The van der Waals surface area contributed by atoms with E-state index in [1.165, 1.54) is 14.2 Å². The molecule has 0 radical (unpaired) electrons. The van der Waals surface area contributed by atoms with Crippen molar-refractivity contribution in [2.24, 2.45) is 0 Å². The molecule has 0 heterocycles. The van der Waals surface area contributed by atoms with Crippen molar-refractivity contribution in [3.63, 3.8) is 0 Å². The summed E-state index contributed by atoms with van der Waals surface area (Å²) in [6.45, 7) is 1.82. The van der Waals surface area contributed by atoms with Crippen LogP contribution >= 0.6 is 0 Å². The Bertz CT molecular complexity index is 1020. The lowest BCUT2D eigenvalue weighted by atomic mass is 10.2. The number of benzene rings is 2. The minimum Gasteiger partial charge on any atom is -0.493 e. The van der Waals surface area contributed by atoms with Crippen LogP contribution in [0, 0.1) is 0 Å². The molecule has 9 nitrogen and oxygen atoms in total. The highest BCUT2D eigenvalue weighted by Crippen LogP contribution is 2.29. The summed E-state index contributed by atoms with van der Waals surface area (Å²) in [5.41, 5.74) is 1.83. The Morgan fingerprint density at radius 3 is 1.42 bits per heavy atom. The van der Waals surface area contributed by atoms with E-state index in [1.54, 1.807) is 36.4 Å². The maximum atomic E-state index is 11.9. The summed E-state index contributed by atoms with van der Waals surface area (Å²) in [6.07, 6.45) is 7.55. The number of hydrogen-bond donors (Lipinski definition) is 0. The molecular weight excluding hydrogens is 468 g/mol. The molecule has 0 saturated heterocycles. The van der Waals surface area contributed by atoms with Gasteiger partial charge in [0, 0.05) is 0 Å². The van der Waals surface area contributed by atoms with Gasteiger partial charge < -0.3 is 28.4 Å². The number of rotatable bonds is 14. The van der Waals surface area contributed by atoms with Crippen LogP contribution in [0.3, 0.4) is 0 Å². The van der Waals surface area contributed by atoms with Gasteiger partial charge in [0.25, 0.3) is 0 Å². The van der Waals surface area contributed by atoms with Gasteiger partial charge in [-0.3, -0.25) is 4.79 Å². The van der Waals surface area contributed by atoms with Crippen molar-refractivity contribution in [2.75, 3.05) is 40.6 Å². The molecule has 0 atom stereocenters. The summed E-state index contributed by atoms with van der Waals surface area (Å²) in [6, 6.07) is 10.5. The highest BCUT2D eigenvalue weighted by molar-refractivity contribution is 5.85. The quantitative estimate of drug-likeness (QED) is 0.359. The lowest BCUT2D eigenvalue weighted by Gasteiger charge is -2.12. The molecule has 9 heteroatoms. The fourth-order valence-corrected chi connectivity index (χ4v) is 2.92. The third-order valence-electron chi connectivity index (χ3n) is 4.57. The van der Waals surface area contributed by atoms with Gasteiger partial charge in [0.2, 0.25) is 5.78 Å². The van der Waals surface area contributed by atoms with E-state index in [2.05, 4.69) is 0 Å². The first-order chi connectivity index (χ1) is 17.4. The van der Waals surface area contributed by atoms with E-state index in [4.69, 9.17) is 28.4 Å². The maximum absolute atomic E-state index is 11.9. The summed E-state index contributed by atoms with van der Waals surface area (Å²) in [4.78, 5) is 35.7. The first-order valence-electron chi connectivity index (χ1n) is 11.1. The molecule has 0 N–H and O–H groups in total. The molecule has 2 aromatic rings. The monoisotopic (exact) mass is 498 g/mol. The fraction of sp³-hybridized carbons (Fsp3) is 0.296. The third kappa shape index (κ3) is 9.17. The molecule has 0 aromatic heterocycles. The smallest absolute Gasteiger partial charge is 0.344 e. The van der Waals surface area contributed by atoms with Gasteiger partial charge in [0.15, 0.2) is 49.4 Å². The molecular formula is C27H30O9. The number of ether oxygens (including phenoxy) is 6. The van der Waals surface area contributed by atoms with Gasteiger partial charge in [-0.2, -0.15) is 0 Å². The van der Waals surface area contributed by atoms with E-state index in [-0.39, 0.29) is 0 Å². The maximum Gasteiger partial charge on any atom is 0.344 e. The summed E-state index contributed by atoms with van der Waals surface area (Å²) < 4.78 is 31.1. The SMILES string of the molecule is C/C=C/c1ccc(OCC(=O)OCC(=O)COC(=O)COc2ccc(/C=C/C)cc2OC)c(OC)c1. The summed E-state index contributed by atoms with van der Waals surface area (Å²) in [5.74, 6) is -0.493. The van der Waals surface area contributed by atoms with E-state index in [0.717, 1.165) is 11.1 Å². The molecule has 2 rings (SSSR count). The topological polar surface area (TPSA) is 107 Å². The van der Waals surface area contributed by atoms with Gasteiger partial charge >= 0.3 is 11.9 Å². The second kappa shape index (κ2) is 14.9. The Morgan fingerprint density at radius 2 is 1.06 bits per heavy atom. The minimum absolute atomic E-state index is 0.357. The Kier molecular flexibility index (Phi) is 11.6. The van der Waals surface area contributed by atoms with Crippen molar-refractivity contribution in [3.8, 4) is 23.0 Å². The summed E-state index contributed by atoms with van der Waals surface area (Å²) >= 11 is 0. The molecule has 0 aliphatic carbocycles. The molecule has 0 aliphatic heterocycles. The van der Waals surface area contributed by atoms with Crippen LogP contribution in [0.25, 0.3) is 12.2 Å². The van der Waals surface area contributed by atoms with Crippen LogP contribution in [0.2, 0.25) is 0 Å².